The van der Waals surface area contributed by atoms with E-state index in [0.717, 1.165) is 4.90 Å². The smallest absolute Gasteiger partial charge is 0.408 e. The van der Waals surface area contributed by atoms with Crippen molar-refractivity contribution in [3.63, 3.8) is 0 Å². The lowest BCUT2D eigenvalue weighted by Gasteiger charge is -2.21. The van der Waals surface area contributed by atoms with Gasteiger partial charge in [-0.05, 0) is 6.42 Å². The molecule has 0 aliphatic carbocycles. The number of aliphatic hydroxyl groups excluding tert-OH is 1. The summed E-state index contributed by atoms with van der Waals surface area (Å²) in [5.41, 5.74) is 0. The molecule has 0 aromatic heterocycles. The number of hydrogen-bond donors (Lipinski definition) is 2. The quantitative estimate of drug-likeness (QED) is 0.531. The summed E-state index contributed by atoms with van der Waals surface area (Å²) in [4.78, 5) is 23.7. The van der Waals surface area contributed by atoms with E-state index in [0.29, 0.717) is 13.0 Å². The van der Waals surface area contributed by atoms with Gasteiger partial charge in [-0.1, -0.05) is 6.92 Å². The minimum atomic E-state index is -1.16. The lowest BCUT2D eigenvalue weighted by atomic mass is 10.0. The molecule has 0 spiro atoms. The van der Waals surface area contributed by atoms with E-state index in [1.165, 1.54) is 7.11 Å². The fourth-order valence-electron chi connectivity index (χ4n) is 2.12. The molecule has 1 amide bonds. The van der Waals surface area contributed by atoms with Crippen LogP contribution in [0, 0.1) is 5.92 Å². The third-order valence-electron chi connectivity index (χ3n) is 3.12. The zero-order chi connectivity index (χ0) is 13.7. The van der Waals surface area contributed by atoms with Crippen LogP contribution in [0.4, 0.5) is 4.79 Å². The molecular weight excluding hydrogens is 242 g/mol. The predicted octanol–water partition coefficient (Wildman–Crippen LogP) is -0.0747. The molecule has 1 fully saturated rings. The molecule has 2 N–H and O–H groups in total. The van der Waals surface area contributed by atoms with Crippen molar-refractivity contribution in [3.05, 3.63) is 0 Å². The maximum atomic E-state index is 11.6. The fraction of sp³-hybridized carbons (Fsp3) is 0.818. The Hall–Kier alpha value is -1.34. The molecule has 1 heterocycles. The van der Waals surface area contributed by atoms with Crippen molar-refractivity contribution in [2.45, 2.75) is 25.5 Å². The van der Waals surface area contributed by atoms with Gasteiger partial charge in [0.2, 0.25) is 0 Å². The van der Waals surface area contributed by atoms with Gasteiger partial charge in [0, 0.05) is 19.1 Å². The van der Waals surface area contributed by atoms with Crippen LogP contribution in [0.1, 0.15) is 13.3 Å². The van der Waals surface area contributed by atoms with Crippen molar-refractivity contribution >= 4 is 12.1 Å². The molecule has 3 atom stereocenters. The van der Waals surface area contributed by atoms with E-state index in [4.69, 9.17) is 14.9 Å². The number of ether oxygens (including phenoxy) is 2. The molecule has 1 saturated heterocycles. The number of esters is 1. The van der Waals surface area contributed by atoms with Crippen LogP contribution in [0.3, 0.4) is 0 Å². The summed E-state index contributed by atoms with van der Waals surface area (Å²) in [6, 6.07) is -0.827. The zero-order valence-electron chi connectivity index (χ0n) is 10.5. The van der Waals surface area contributed by atoms with E-state index in [2.05, 4.69) is 4.74 Å². The number of rotatable bonds is 5. The molecule has 0 radical (unpaired) electrons. The summed E-state index contributed by atoms with van der Waals surface area (Å²) in [6.45, 7) is 2.26. The topological polar surface area (TPSA) is 96.3 Å². The van der Waals surface area contributed by atoms with Crippen molar-refractivity contribution < 1.29 is 29.3 Å². The molecule has 18 heavy (non-hydrogen) atoms. The Morgan fingerprint density at radius 1 is 1.44 bits per heavy atom. The highest BCUT2D eigenvalue weighted by molar-refractivity contribution is 5.82. The zero-order valence-corrected chi connectivity index (χ0v) is 10.5. The van der Waals surface area contributed by atoms with Crippen molar-refractivity contribution in [1.82, 2.24) is 4.90 Å². The molecule has 1 rings (SSSR count). The van der Waals surface area contributed by atoms with Crippen molar-refractivity contribution in [1.29, 1.82) is 0 Å². The van der Waals surface area contributed by atoms with Crippen molar-refractivity contribution in [2.24, 2.45) is 5.92 Å². The second-order valence-corrected chi connectivity index (χ2v) is 4.25. The number of amides is 1. The van der Waals surface area contributed by atoms with E-state index in [-0.39, 0.29) is 25.2 Å². The lowest BCUT2D eigenvalue weighted by molar-refractivity contribution is -0.146. The Morgan fingerprint density at radius 3 is 2.61 bits per heavy atom. The average Bonchev–Trinajstić information content (AvgIpc) is 2.67. The van der Waals surface area contributed by atoms with Crippen LogP contribution < -0.4 is 0 Å². The molecule has 1 aliphatic rings. The molecule has 0 saturated carbocycles. The van der Waals surface area contributed by atoms with Gasteiger partial charge in [0.25, 0.3) is 0 Å². The normalized spacial score (nSPS) is 27.3. The first-order valence-corrected chi connectivity index (χ1v) is 5.82. The number of likely N-dealkylation sites (tertiary alicyclic amines) is 1. The Kier molecular flexibility index (Phi) is 5.36. The van der Waals surface area contributed by atoms with Crippen LogP contribution in [0.15, 0.2) is 0 Å². The largest absolute Gasteiger partial charge is 0.467 e. The van der Waals surface area contributed by atoms with Gasteiger partial charge in [-0.25, -0.2) is 9.59 Å². The highest BCUT2D eigenvalue weighted by Crippen LogP contribution is 2.27. The minimum Gasteiger partial charge on any atom is -0.467 e. The van der Waals surface area contributed by atoms with E-state index >= 15 is 0 Å². The number of carbonyl (C=O) groups excluding carboxylic acids is 1. The molecule has 7 nitrogen and oxygen atoms in total. The van der Waals surface area contributed by atoms with Gasteiger partial charge in [-0.2, -0.15) is 0 Å². The van der Waals surface area contributed by atoms with E-state index in [1.807, 2.05) is 0 Å². The summed E-state index contributed by atoms with van der Waals surface area (Å²) < 4.78 is 10.1. The Balaban J connectivity index is 2.70. The molecule has 0 bridgehead atoms. The van der Waals surface area contributed by atoms with Crippen LogP contribution in [0.25, 0.3) is 0 Å². The SMILES string of the molecule is COC(=O)C1C(C)C(OCCCO)CN1C(=O)O. The first-order chi connectivity index (χ1) is 8.52. The molecule has 104 valence electrons. The Morgan fingerprint density at radius 2 is 2.11 bits per heavy atom. The highest BCUT2D eigenvalue weighted by atomic mass is 16.5. The van der Waals surface area contributed by atoms with E-state index < -0.39 is 18.1 Å². The molecule has 1 aliphatic heterocycles. The van der Waals surface area contributed by atoms with E-state index in [1.54, 1.807) is 6.92 Å². The Bertz CT molecular complexity index is 308. The van der Waals surface area contributed by atoms with Crippen molar-refractivity contribution in [3.8, 4) is 0 Å². The van der Waals surface area contributed by atoms with Gasteiger partial charge < -0.3 is 19.7 Å². The van der Waals surface area contributed by atoms with Gasteiger partial charge in [-0.3, -0.25) is 4.90 Å². The lowest BCUT2D eigenvalue weighted by Crippen LogP contribution is -2.42. The Labute approximate surface area is 105 Å². The predicted molar refractivity (Wildman–Crippen MR) is 61.1 cm³/mol. The summed E-state index contributed by atoms with van der Waals surface area (Å²) in [6.07, 6.45) is -1.03. The minimum absolute atomic E-state index is 0.0180. The molecule has 7 heteroatoms. The summed E-state index contributed by atoms with van der Waals surface area (Å²) in [7, 11) is 1.23. The second-order valence-electron chi connectivity index (χ2n) is 4.25. The number of aliphatic hydroxyl groups is 1. The standard InChI is InChI=1S/C11H19NO6/c1-7-8(18-5-3-4-13)6-12(11(15)16)9(7)10(14)17-2/h7-9,13H,3-6H2,1-2H3,(H,15,16). The first kappa shape index (κ1) is 14.7. The summed E-state index contributed by atoms with van der Waals surface area (Å²) >= 11 is 0. The number of carbonyl (C=O) groups is 2. The highest BCUT2D eigenvalue weighted by Gasteiger charge is 2.46. The average molecular weight is 261 g/mol. The van der Waals surface area contributed by atoms with Crippen LogP contribution in [-0.4, -0.2) is 66.2 Å². The second kappa shape index (κ2) is 6.55. The van der Waals surface area contributed by atoms with Gasteiger partial charge in [0.05, 0.1) is 19.8 Å². The summed E-state index contributed by atoms with van der Waals surface area (Å²) in [5.74, 6) is -0.842. The van der Waals surface area contributed by atoms with E-state index in [9.17, 15) is 9.59 Å². The maximum absolute atomic E-state index is 11.6. The number of carboxylic acid groups (broad SMARTS) is 1. The molecule has 3 unspecified atom stereocenters. The third-order valence-corrected chi connectivity index (χ3v) is 3.12. The summed E-state index contributed by atoms with van der Waals surface area (Å²) in [5, 5.41) is 17.7. The number of methoxy groups -OCH3 is 1. The van der Waals surface area contributed by atoms with Gasteiger partial charge >= 0.3 is 12.1 Å². The van der Waals surface area contributed by atoms with Gasteiger partial charge in [-0.15, -0.1) is 0 Å². The van der Waals surface area contributed by atoms with Crippen LogP contribution in [-0.2, 0) is 14.3 Å². The van der Waals surface area contributed by atoms with Crippen LogP contribution in [0.2, 0.25) is 0 Å². The van der Waals surface area contributed by atoms with Gasteiger partial charge in [0.15, 0.2) is 0 Å². The molecule has 0 aromatic rings. The van der Waals surface area contributed by atoms with Crippen LogP contribution in [0.5, 0.6) is 0 Å². The number of hydrogen-bond acceptors (Lipinski definition) is 5. The first-order valence-electron chi connectivity index (χ1n) is 5.82. The monoisotopic (exact) mass is 261 g/mol. The third kappa shape index (κ3) is 3.11. The number of nitrogens with zero attached hydrogens (tertiary/aromatic N) is 1. The molecular formula is C11H19NO6. The van der Waals surface area contributed by atoms with Crippen LogP contribution >= 0.6 is 0 Å². The van der Waals surface area contributed by atoms with Crippen molar-refractivity contribution in [2.75, 3.05) is 26.9 Å². The maximum Gasteiger partial charge on any atom is 0.408 e. The fourth-order valence-corrected chi connectivity index (χ4v) is 2.12. The molecule has 0 aromatic carbocycles. The van der Waals surface area contributed by atoms with Gasteiger partial charge in [0.1, 0.15) is 6.04 Å².